The molecule has 4 atom stereocenters. The Hall–Kier alpha value is -3.62. The van der Waals surface area contributed by atoms with Gasteiger partial charge in [-0.15, -0.1) is 0 Å². The second-order valence-electron chi connectivity index (χ2n) is 8.16. The van der Waals surface area contributed by atoms with Crippen LogP contribution in [0.25, 0.3) is 5.69 Å². The summed E-state index contributed by atoms with van der Waals surface area (Å²) in [5.41, 5.74) is 0.848. The number of hydrogen-bond donors (Lipinski definition) is 1. The normalized spacial score (nSPS) is 26.4. The van der Waals surface area contributed by atoms with Gasteiger partial charge in [-0.25, -0.2) is 14.5 Å². The zero-order chi connectivity index (χ0) is 22.9. The summed E-state index contributed by atoms with van der Waals surface area (Å²) < 4.78 is 26.5. The molecule has 5 heterocycles. The van der Waals surface area contributed by atoms with Gasteiger partial charge in [-0.3, -0.25) is 0 Å². The average molecular weight is 469 g/mol. The van der Waals surface area contributed by atoms with Crippen molar-refractivity contribution in [3.8, 4) is 17.4 Å². The van der Waals surface area contributed by atoms with Gasteiger partial charge in [0, 0.05) is 13.1 Å². The van der Waals surface area contributed by atoms with E-state index in [1.807, 2.05) is 12.1 Å². The number of benzene rings is 1. The first-order valence-corrected chi connectivity index (χ1v) is 11.0. The summed E-state index contributed by atoms with van der Waals surface area (Å²) in [5, 5.41) is 19.1. The molecule has 3 saturated heterocycles. The summed E-state index contributed by atoms with van der Waals surface area (Å²) >= 11 is 0. The zero-order valence-electron chi connectivity index (χ0n) is 18.1. The number of fused-ring (bicyclic) bond motifs is 1. The third-order valence-electron chi connectivity index (χ3n) is 6.14. The lowest BCUT2D eigenvalue weighted by Gasteiger charge is -2.29. The topological polar surface area (TPSA) is 144 Å². The molecule has 6 rings (SSSR count). The highest BCUT2D eigenvalue weighted by Crippen LogP contribution is 2.36. The molecule has 2 amide bonds. The van der Waals surface area contributed by atoms with Gasteiger partial charge in [0.2, 0.25) is 0 Å². The Labute approximate surface area is 193 Å². The SMILES string of the molecule is O=C(N[C@H]1CO[C@H]2[C@H]1OC[C@H]2n1nnnc1Oc1ccc(-n2cncn2)cc1)N1CCOCC1. The Balaban J connectivity index is 1.11. The number of amides is 2. The van der Waals surface area contributed by atoms with Gasteiger partial charge in [-0.05, 0) is 34.7 Å². The Morgan fingerprint density at radius 1 is 1.09 bits per heavy atom. The van der Waals surface area contributed by atoms with Crippen molar-refractivity contribution in [3.05, 3.63) is 36.9 Å². The Morgan fingerprint density at radius 2 is 1.91 bits per heavy atom. The molecule has 2 aromatic heterocycles. The van der Waals surface area contributed by atoms with Gasteiger partial charge in [0.25, 0.3) is 0 Å². The van der Waals surface area contributed by atoms with Crippen LogP contribution in [0.15, 0.2) is 36.9 Å². The third-order valence-corrected chi connectivity index (χ3v) is 6.14. The predicted octanol–water partition coefficient (Wildman–Crippen LogP) is -0.205. The molecule has 0 aliphatic carbocycles. The fourth-order valence-electron chi connectivity index (χ4n) is 4.40. The molecule has 1 N–H and O–H groups in total. The number of aromatic nitrogens is 7. The molecule has 0 bridgehead atoms. The first-order valence-electron chi connectivity index (χ1n) is 11.0. The molecule has 3 fully saturated rings. The van der Waals surface area contributed by atoms with Crippen molar-refractivity contribution in [2.45, 2.75) is 24.3 Å². The first kappa shape index (κ1) is 20.9. The van der Waals surface area contributed by atoms with E-state index < -0.39 is 0 Å². The van der Waals surface area contributed by atoms with E-state index in [1.54, 1.807) is 32.7 Å². The number of tetrazole rings is 1. The molecule has 0 unspecified atom stereocenters. The monoisotopic (exact) mass is 469 g/mol. The lowest BCUT2D eigenvalue weighted by molar-refractivity contribution is 0.0485. The van der Waals surface area contributed by atoms with E-state index in [9.17, 15) is 4.79 Å². The molecule has 0 saturated carbocycles. The predicted molar refractivity (Wildman–Crippen MR) is 112 cm³/mol. The number of rotatable bonds is 5. The number of morpholine rings is 1. The summed E-state index contributed by atoms with van der Waals surface area (Å²) in [6.45, 7) is 2.93. The van der Waals surface area contributed by atoms with Crippen molar-refractivity contribution in [2.24, 2.45) is 0 Å². The number of carbonyl (C=O) groups excluding carboxylic acids is 1. The van der Waals surface area contributed by atoms with E-state index >= 15 is 0 Å². The van der Waals surface area contributed by atoms with Crippen LogP contribution in [0.2, 0.25) is 0 Å². The fraction of sp³-hybridized carbons (Fsp3) is 0.500. The number of ether oxygens (including phenoxy) is 4. The van der Waals surface area contributed by atoms with Crippen molar-refractivity contribution in [1.29, 1.82) is 0 Å². The van der Waals surface area contributed by atoms with Crippen LogP contribution in [-0.2, 0) is 14.2 Å². The van der Waals surface area contributed by atoms with Crippen LogP contribution in [0.3, 0.4) is 0 Å². The quantitative estimate of drug-likeness (QED) is 0.533. The van der Waals surface area contributed by atoms with Crippen molar-refractivity contribution in [1.82, 2.24) is 45.2 Å². The lowest BCUT2D eigenvalue weighted by atomic mass is 10.1. The molecular formula is C20H23N9O5. The second kappa shape index (κ2) is 8.96. The van der Waals surface area contributed by atoms with E-state index in [1.165, 1.54) is 6.33 Å². The molecular weight excluding hydrogens is 446 g/mol. The average Bonchev–Trinajstić information content (AvgIpc) is 3.67. The molecule has 0 spiro atoms. The summed E-state index contributed by atoms with van der Waals surface area (Å²) in [4.78, 5) is 18.3. The zero-order valence-corrected chi connectivity index (χ0v) is 18.1. The van der Waals surface area contributed by atoms with Crippen molar-refractivity contribution in [3.63, 3.8) is 0 Å². The maximum absolute atomic E-state index is 12.6. The summed E-state index contributed by atoms with van der Waals surface area (Å²) in [6, 6.07) is 6.87. The highest BCUT2D eigenvalue weighted by molar-refractivity contribution is 5.74. The highest BCUT2D eigenvalue weighted by atomic mass is 16.6. The standard InChI is InChI=1S/C20H23N9O5/c30-19(27-5-7-31-8-6-27)23-15-9-32-18-16(10-33-17(15)18)29-20(24-25-26-29)34-14-3-1-13(2-4-14)28-12-21-11-22-28/h1-4,11-12,15-18H,5-10H2,(H,23,30)/t15-,16+,17-,18+/m0/s1. The Bertz CT molecular complexity index is 1120. The molecule has 34 heavy (non-hydrogen) atoms. The van der Waals surface area contributed by atoms with Crippen LogP contribution in [0.4, 0.5) is 4.79 Å². The molecule has 3 aliphatic rings. The lowest BCUT2D eigenvalue weighted by Crippen LogP contribution is -2.52. The minimum atomic E-state index is -0.310. The van der Waals surface area contributed by atoms with Gasteiger partial charge in [0.15, 0.2) is 0 Å². The number of nitrogens with zero attached hydrogens (tertiary/aromatic N) is 8. The van der Waals surface area contributed by atoms with E-state index in [-0.39, 0.29) is 36.3 Å². The number of nitrogens with one attached hydrogen (secondary N) is 1. The maximum Gasteiger partial charge on any atom is 0.341 e. The van der Waals surface area contributed by atoms with Crippen LogP contribution >= 0.6 is 0 Å². The molecule has 178 valence electrons. The minimum Gasteiger partial charge on any atom is -0.423 e. The van der Waals surface area contributed by atoms with Crippen LogP contribution in [0, 0.1) is 0 Å². The van der Waals surface area contributed by atoms with Crippen LogP contribution < -0.4 is 10.1 Å². The third kappa shape index (κ3) is 3.95. The smallest absolute Gasteiger partial charge is 0.341 e. The molecule has 1 aromatic carbocycles. The molecule has 3 aliphatic heterocycles. The molecule has 3 aromatic rings. The van der Waals surface area contributed by atoms with Gasteiger partial charge in [-0.1, -0.05) is 5.10 Å². The molecule has 14 heteroatoms. The van der Waals surface area contributed by atoms with Gasteiger partial charge in [0.1, 0.15) is 36.7 Å². The largest absolute Gasteiger partial charge is 0.423 e. The van der Waals surface area contributed by atoms with E-state index in [4.69, 9.17) is 18.9 Å². The second-order valence-corrected chi connectivity index (χ2v) is 8.16. The number of carbonyl (C=O) groups is 1. The van der Waals surface area contributed by atoms with Crippen LogP contribution in [0.1, 0.15) is 6.04 Å². The summed E-state index contributed by atoms with van der Waals surface area (Å²) in [5.74, 6) is 0.568. The van der Waals surface area contributed by atoms with E-state index in [0.717, 1.165) is 5.69 Å². The Morgan fingerprint density at radius 3 is 2.71 bits per heavy atom. The van der Waals surface area contributed by atoms with Gasteiger partial charge < -0.3 is 29.2 Å². The maximum atomic E-state index is 12.6. The minimum absolute atomic E-state index is 0.134. The van der Waals surface area contributed by atoms with E-state index in [0.29, 0.717) is 45.3 Å². The summed E-state index contributed by atoms with van der Waals surface area (Å²) in [7, 11) is 0. The van der Waals surface area contributed by atoms with E-state index in [2.05, 4.69) is 30.9 Å². The molecule has 14 nitrogen and oxygen atoms in total. The van der Waals surface area contributed by atoms with Gasteiger partial charge in [0.05, 0.1) is 38.2 Å². The van der Waals surface area contributed by atoms with Gasteiger partial charge in [-0.2, -0.15) is 9.78 Å². The van der Waals surface area contributed by atoms with Crippen molar-refractivity contribution < 1.29 is 23.7 Å². The van der Waals surface area contributed by atoms with Crippen LogP contribution in [0.5, 0.6) is 11.8 Å². The van der Waals surface area contributed by atoms with Crippen LogP contribution in [-0.4, -0.2) is 104 Å². The first-order chi connectivity index (χ1) is 16.8. The van der Waals surface area contributed by atoms with Crippen molar-refractivity contribution >= 4 is 6.03 Å². The van der Waals surface area contributed by atoms with Crippen molar-refractivity contribution in [2.75, 3.05) is 39.5 Å². The van der Waals surface area contributed by atoms with Gasteiger partial charge >= 0.3 is 12.0 Å². The Kier molecular flexibility index (Phi) is 5.52. The number of hydrogen-bond acceptors (Lipinski definition) is 10. The highest BCUT2D eigenvalue weighted by Gasteiger charge is 2.50. The molecule has 0 radical (unpaired) electrons. The fourth-order valence-corrected chi connectivity index (χ4v) is 4.40. The summed E-state index contributed by atoms with van der Waals surface area (Å²) in [6.07, 6.45) is 2.48. The number of urea groups is 1.